The molecule has 2 rings (SSSR count). The van der Waals surface area contributed by atoms with Crippen LogP contribution in [0, 0.1) is 12.3 Å². The van der Waals surface area contributed by atoms with Crippen LogP contribution in [0.4, 0.5) is 5.69 Å². The number of carbonyl (C=O) groups excluding carboxylic acids is 1. The summed E-state index contributed by atoms with van der Waals surface area (Å²) in [6, 6.07) is 9.05. The quantitative estimate of drug-likeness (QED) is 0.288. The molecule has 144 valence electrons. The highest BCUT2D eigenvalue weighted by Crippen LogP contribution is 2.14. The van der Waals surface area contributed by atoms with E-state index in [-0.39, 0.29) is 36.4 Å². The minimum absolute atomic E-state index is 0. The summed E-state index contributed by atoms with van der Waals surface area (Å²) in [6.45, 7) is 0.694. The number of aromatic nitrogens is 1. The molecule has 1 amide bonds. The number of nitrogens with one attached hydrogen (secondary N) is 2. The maximum absolute atomic E-state index is 12.2. The molecule has 8 heteroatoms. The summed E-state index contributed by atoms with van der Waals surface area (Å²) >= 11 is 6.01. The summed E-state index contributed by atoms with van der Waals surface area (Å²) in [5, 5.41) is 6.54. The predicted molar refractivity (Wildman–Crippen MR) is 122 cm³/mol. The Morgan fingerprint density at radius 2 is 2.15 bits per heavy atom. The summed E-state index contributed by atoms with van der Waals surface area (Å²) < 4.78 is 1.96. The van der Waals surface area contributed by atoms with Crippen molar-refractivity contribution in [1.29, 1.82) is 0 Å². The molecule has 0 aliphatic carbocycles. The second-order valence-corrected chi connectivity index (χ2v) is 6.23. The summed E-state index contributed by atoms with van der Waals surface area (Å²) in [5.41, 5.74) is 2.41. The van der Waals surface area contributed by atoms with E-state index in [0.717, 1.165) is 5.69 Å². The fourth-order valence-electron chi connectivity index (χ4n) is 2.48. The van der Waals surface area contributed by atoms with Gasteiger partial charge < -0.3 is 20.1 Å². The monoisotopic (exact) mass is 499 g/mol. The molecule has 2 N–H and O–H groups in total. The zero-order valence-corrected chi connectivity index (χ0v) is 18.6. The molecule has 0 bridgehead atoms. The van der Waals surface area contributed by atoms with Gasteiger partial charge in [0.05, 0.1) is 18.1 Å². The predicted octanol–water partition coefficient (Wildman–Crippen LogP) is 2.92. The van der Waals surface area contributed by atoms with E-state index in [1.165, 1.54) is 0 Å². The Morgan fingerprint density at radius 1 is 1.41 bits per heavy atom. The van der Waals surface area contributed by atoms with E-state index >= 15 is 0 Å². The smallest absolute Gasteiger partial charge is 0.243 e. The summed E-state index contributed by atoms with van der Waals surface area (Å²) in [7, 11) is 5.50. The number of amides is 1. The van der Waals surface area contributed by atoms with Gasteiger partial charge in [0.1, 0.15) is 0 Å². The van der Waals surface area contributed by atoms with Gasteiger partial charge in [0.15, 0.2) is 5.96 Å². The van der Waals surface area contributed by atoms with E-state index in [0.29, 0.717) is 28.8 Å². The average molecular weight is 500 g/mol. The molecule has 0 aliphatic rings. The van der Waals surface area contributed by atoms with E-state index in [9.17, 15) is 4.79 Å². The lowest BCUT2D eigenvalue weighted by Gasteiger charge is -2.22. The number of benzene rings is 1. The molecule has 0 unspecified atom stereocenters. The number of nitrogens with zero attached hydrogens (tertiary/aromatic N) is 3. The van der Waals surface area contributed by atoms with Crippen molar-refractivity contribution in [3.8, 4) is 12.3 Å². The van der Waals surface area contributed by atoms with Crippen LogP contribution in [-0.2, 0) is 18.4 Å². The molecule has 0 spiro atoms. The van der Waals surface area contributed by atoms with Gasteiger partial charge in [-0.2, -0.15) is 0 Å². The van der Waals surface area contributed by atoms with E-state index in [2.05, 4.69) is 21.5 Å². The van der Waals surface area contributed by atoms with Crippen molar-refractivity contribution in [2.75, 3.05) is 26.0 Å². The van der Waals surface area contributed by atoms with Gasteiger partial charge >= 0.3 is 0 Å². The van der Waals surface area contributed by atoms with Gasteiger partial charge in [0, 0.05) is 44.3 Å². The first-order chi connectivity index (χ1) is 12.4. The van der Waals surface area contributed by atoms with Crippen LogP contribution in [0.2, 0.25) is 5.02 Å². The van der Waals surface area contributed by atoms with Crippen LogP contribution >= 0.6 is 35.6 Å². The van der Waals surface area contributed by atoms with E-state index in [1.807, 2.05) is 35.8 Å². The lowest BCUT2D eigenvalue weighted by Crippen LogP contribution is -2.42. The molecule has 0 atom stereocenters. The van der Waals surface area contributed by atoms with Crippen molar-refractivity contribution in [1.82, 2.24) is 14.8 Å². The molecular formula is C19H23ClIN5O. The molecule has 27 heavy (non-hydrogen) atoms. The second-order valence-electron chi connectivity index (χ2n) is 5.79. The van der Waals surface area contributed by atoms with Gasteiger partial charge in [-0.3, -0.25) is 9.79 Å². The van der Waals surface area contributed by atoms with Crippen LogP contribution in [0.3, 0.4) is 0 Å². The molecule has 1 aromatic heterocycles. The highest BCUT2D eigenvalue weighted by molar-refractivity contribution is 14.0. The number of rotatable bonds is 5. The van der Waals surface area contributed by atoms with Gasteiger partial charge in [0.2, 0.25) is 5.91 Å². The number of anilines is 1. The van der Waals surface area contributed by atoms with E-state index in [1.54, 1.807) is 31.3 Å². The van der Waals surface area contributed by atoms with Crippen molar-refractivity contribution in [3.05, 3.63) is 52.8 Å². The van der Waals surface area contributed by atoms with Gasteiger partial charge in [-0.1, -0.05) is 23.6 Å². The maximum atomic E-state index is 12.2. The minimum atomic E-state index is -0.185. The van der Waals surface area contributed by atoms with Crippen molar-refractivity contribution >= 4 is 53.1 Å². The van der Waals surface area contributed by atoms with Crippen molar-refractivity contribution in [3.63, 3.8) is 0 Å². The lowest BCUT2D eigenvalue weighted by molar-refractivity contribution is -0.115. The highest BCUT2D eigenvalue weighted by atomic mass is 127. The topological polar surface area (TPSA) is 61.7 Å². The van der Waals surface area contributed by atoms with Crippen LogP contribution in [-0.4, -0.2) is 42.0 Å². The van der Waals surface area contributed by atoms with Gasteiger partial charge in [-0.25, -0.2) is 0 Å². The molecule has 0 aliphatic heterocycles. The fraction of sp³-hybridized carbons (Fsp3) is 0.263. The Kier molecular flexibility index (Phi) is 9.18. The highest BCUT2D eigenvalue weighted by Gasteiger charge is 2.11. The van der Waals surface area contributed by atoms with Gasteiger partial charge in [0.25, 0.3) is 0 Å². The normalized spacial score (nSPS) is 10.6. The standard InChI is InChI=1S/C19H22ClN5O.HI/c1-5-14-7-6-8-16(9-14)23-18(26)11-22-19(21-2)25(4)13-17-10-15(20)12-24(17)3;/h1,6-10,12H,11,13H2,2-4H3,(H,21,22)(H,23,26);1H. The zero-order valence-electron chi connectivity index (χ0n) is 15.5. The molecule has 0 fully saturated rings. The number of halogens is 2. The summed E-state index contributed by atoms with van der Waals surface area (Å²) in [4.78, 5) is 18.3. The molecule has 1 aromatic carbocycles. The van der Waals surface area contributed by atoms with Crippen molar-refractivity contribution in [2.45, 2.75) is 6.54 Å². The first kappa shape index (κ1) is 22.9. The molecule has 1 heterocycles. The number of terminal acetylenes is 1. The molecule has 0 saturated heterocycles. The molecule has 6 nitrogen and oxygen atoms in total. The number of aryl methyl sites for hydroxylation is 1. The van der Waals surface area contributed by atoms with Gasteiger partial charge in [-0.15, -0.1) is 30.4 Å². The SMILES string of the molecule is C#Cc1cccc(NC(=O)CNC(=NC)N(C)Cc2cc(Cl)cn2C)c1.I. The van der Waals surface area contributed by atoms with Crippen LogP contribution in [0.1, 0.15) is 11.3 Å². The largest absolute Gasteiger partial charge is 0.351 e. The van der Waals surface area contributed by atoms with Crippen LogP contribution in [0.5, 0.6) is 0 Å². The maximum Gasteiger partial charge on any atom is 0.243 e. The van der Waals surface area contributed by atoms with Crippen molar-refractivity contribution < 1.29 is 4.79 Å². The minimum Gasteiger partial charge on any atom is -0.351 e. The number of aliphatic imine (C=N–C) groups is 1. The third-order valence-electron chi connectivity index (χ3n) is 3.77. The zero-order chi connectivity index (χ0) is 19.1. The molecular weight excluding hydrogens is 477 g/mol. The summed E-state index contributed by atoms with van der Waals surface area (Å²) in [6.07, 6.45) is 7.21. The Balaban J connectivity index is 0.00000364. The fourth-order valence-corrected chi connectivity index (χ4v) is 2.75. The number of hydrogen-bond acceptors (Lipinski definition) is 2. The van der Waals surface area contributed by atoms with E-state index in [4.69, 9.17) is 18.0 Å². The Bertz CT molecular complexity index is 856. The molecule has 0 radical (unpaired) electrons. The van der Waals surface area contributed by atoms with E-state index < -0.39 is 0 Å². The first-order valence-electron chi connectivity index (χ1n) is 8.02. The summed E-state index contributed by atoms with van der Waals surface area (Å²) in [5.74, 6) is 2.96. The van der Waals surface area contributed by atoms with Gasteiger partial charge in [-0.05, 0) is 24.3 Å². The van der Waals surface area contributed by atoms with Crippen LogP contribution in [0.25, 0.3) is 0 Å². The number of carbonyl (C=O) groups is 1. The lowest BCUT2D eigenvalue weighted by atomic mass is 10.2. The van der Waals surface area contributed by atoms with Crippen molar-refractivity contribution in [2.24, 2.45) is 12.0 Å². The third kappa shape index (κ3) is 6.81. The first-order valence-corrected chi connectivity index (χ1v) is 8.39. The average Bonchev–Trinajstić information content (AvgIpc) is 2.92. The number of hydrogen-bond donors (Lipinski definition) is 2. The molecule has 2 aromatic rings. The Hall–Kier alpha value is -2.18. The number of guanidine groups is 1. The van der Waals surface area contributed by atoms with Crippen LogP contribution < -0.4 is 10.6 Å². The second kappa shape index (κ2) is 10.8. The Morgan fingerprint density at radius 3 is 2.74 bits per heavy atom. The van der Waals surface area contributed by atoms with Crippen LogP contribution in [0.15, 0.2) is 41.5 Å². The Labute approximate surface area is 182 Å². The molecule has 0 saturated carbocycles. The third-order valence-corrected chi connectivity index (χ3v) is 3.97.